The molecule has 0 radical (unpaired) electrons. The van der Waals surface area contributed by atoms with Gasteiger partial charge in [0.2, 0.25) is 5.95 Å². The highest BCUT2D eigenvalue weighted by atomic mass is 15.1. The number of nitrogens with one attached hydrogen (secondary N) is 2. The molecule has 4 nitrogen and oxygen atoms in total. The highest BCUT2D eigenvalue weighted by Gasteiger charge is 2.21. The zero-order valence-corrected chi connectivity index (χ0v) is 10.0. The smallest absolute Gasteiger partial charge is 0.224 e. The van der Waals surface area contributed by atoms with Gasteiger partial charge in [0.15, 0.2) is 0 Å². The first-order valence-corrected chi connectivity index (χ1v) is 6.11. The maximum absolute atomic E-state index is 4.42. The first-order valence-electron chi connectivity index (χ1n) is 6.11. The van der Waals surface area contributed by atoms with Crippen molar-refractivity contribution < 1.29 is 0 Å². The lowest BCUT2D eigenvalue weighted by Gasteiger charge is -2.13. The number of aromatic nitrogens is 2. The number of rotatable bonds is 4. The van der Waals surface area contributed by atoms with Gasteiger partial charge >= 0.3 is 0 Å². The molecule has 1 aliphatic carbocycles. The molecular formula is C12H20N4. The zero-order chi connectivity index (χ0) is 11.4. The van der Waals surface area contributed by atoms with Gasteiger partial charge in [0.25, 0.3) is 0 Å². The maximum atomic E-state index is 4.42. The Kier molecular flexibility index (Phi) is 3.59. The van der Waals surface area contributed by atoms with E-state index in [1.165, 1.54) is 19.3 Å². The minimum Gasteiger partial charge on any atom is -0.367 e. The van der Waals surface area contributed by atoms with Crippen LogP contribution in [-0.4, -0.2) is 22.6 Å². The van der Waals surface area contributed by atoms with Crippen LogP contribution in [0, 0.1) is 5.92 Å². The summed E-state index contributed by atoms with van der Waals surface area (Å²) in [6.45, 7) is 5.21. The van der Waals surface area contributed by atoms with E-state index in [0.717, 1.165) is 18.3 Å². The molecule has 1 aromatic rings. The van der Waals surface area contributed by atoms with Crippen molar-refractivity contribution in [1.29, 1.82) is 0 Å². The average molecular weight is 220 g/mol. The van der Waals surface area contributed by atoms with Crippen LogP contribution in [0.2, 0.25) is 0 Å². The van der Waals surface area contributed by atoms with Crippen LogP contribution in [0.15, 0.2) is 12.3 Å². The molecule has 1 aromatic heterocycles. The second kappa shape index (κ2) is 5.14. The van der Waals surface area contributed by atoms with Crippen LogP contribution >= 0.6 is 0 Å². The number of anilines is 2. The Morgan fingerprint density at radius 2 is 2.31 bits per heavy atom. The molecule has 2 rings (SSSR count). The van der Waals surface area contributed by atoms with Crippen molar-refractivity contribution in [3.63, 3.8) is 0 Å². The summed E-state index contributed by atoms with van der Waals surface area (Å²) in [5.41, 5.74) is 0. The topological polar surface area (TPSA) is 49.8 Å². The van der Waals surface area contributed by atoms with Crippen LogP contribution in [0.4, 0.5) is 11.8 Å². The molecule has 0 aromatic carbocycles. The van der Waals surface area contributed by atoms with Crippen molar-refractivity contribution in [3.8, 4) is 0 Å². The summed E-state index contributed by atoms with van der Waals surface area (Å²) in [6.07, 6.45) is 5.62. The molecule has 2 unspecified atom stereocenters. The van der Waals surface area contributed by atoms with Gasteiger partial charge in [-0.3, -0.25) is 0 Å². The Morgan fingerprint density at radius 1 is 1.44 bits per heavy atom. The normalized spacial score (nSPS) is 24.4. The molecule has 1 saturated carbocycles. The molecule has 2 atom stereocenters. The van der Waals surface area contributed by atoms with E-state index in [4.69, 9.17) is 0 Å². The Balaban J connectivity index is 1.95. The fourth-order valence-electron chi connectivity index (χ4n) is 2.23. The van der Waals surface area contributed by atoms with Crippen LogP contribution in [0.3, 0.4) is 0 Å². The quantitative estimate of drug-likeness (QED) is 0.818. The third-order valence-corrected chi connectivity index (χ3v) is 3.04. The Morgan fingerprint density at radius 3 is 3.00 bits per heavy atom. The summed E-state index contributed by atoms with van der Waals surface area (Å²) in [5.74, 6) is 2.48. The molecule has 16 heavy (non-hydrogen) atoms. The molecular weight excluding hydrogens is 200 g/mol. The number of nitrogens with zero attached hydrogens (tertiary/aromatic N) is 2. The average Bonchev–Trinajstić information content (AvgIpc) is 2.65. The van der Waals surface area contributed by atoms with Crippen LogP contribution in [0.1, 0.15) is 33.1 Å². The maximum Gasteiger partial charge on any atom is 0.224 e. The Hall–Kier alpha value is -1.32. The van der Waals surface area contributed by atoms with Crippen molar-refractivity contribution in [3.05, 3.63) is 12.3 Å². The molecule has 0 saturated heterocycles. The second-order valence-electron chi connectivity index (χ2n) is 4.56. The predicted octanol–water partition coefficient (Wildman–Crippen LogP) is 2.51. The third-order valence-electron chi connectivity index (χ3n) is 3.04. The lowest BCUT2D eigenvalue weighted by molar-refractivity contribution is 0.602. The van der Waals surface area contributed by atoms with Gasteiger partial charge in [-0.25, -0.2) is 4.98 Å². The van der Waals surface area contributed by atoms with Crippen LogP contribution < -0.4 is 10.6 Å². The van der Waals surface area contributed by atoms with Crippen LogP contribution in [-0.2, 0) is 0 Å². The summed E-state index contributed by atoms with van der Waals surface area (Å²) in [4.78, 5) is 8.57. The zero-order valence-electron chi connectivity index (χ0n) is 10.0. The minimum absolute atomic E-state index is 0.583. The highest BCUT2D eigenvalue weighted by Crippen LogP contribution is 2.26. The largest absolute Gasteiger partial charge is 0.367 e. The van der Waals surface area contributed by atoms with Gasteiger partial charge in [-0.05, 0) is 38.2 Å². The second-order valence-corrected chi connectivity index (χ2v) is 4.56. The first-order chi connectivity index (χ1) is 7.78. The van der Waals surface area contributed by atoms with Gasteiger partial charge in [-0.1, -0.05) is 6.92 Å². The van der Waals surface area contributed by atoms with E-state index in [0.29, 0.717) is 12.0 Å². The summed E-state index contributed by atoms with van der Waals surface area (Å²) < 4.78 is 0. The van der Waals surface area contributed by atoms with E-state index in [-0.39, 0.29) is 0 Å². The summed E-state index contributed by atoms with van der Waals surface area (Å²) >= 11 is 0. The van der Waals surface area contributed by atoms with E-state index in [1.807, 2.05) is 13.0 Å². The van der Waals surface area contributed by atoms with Crippen molar-refractivity contribution in [2.75, 3.05) is 17.2 Å². The van der Waals surface area contributed by atoms with Crippen molar-refractivity contribution in [2.24, 2.45) is 5.92 Å². The molecule has 0 amide bonds. The molecule has 1 heterocycles. The van der Waals surface area contributed by atoms with Gasteiger partial charge in [0.05, 0.1) is 0 Å². The van der Waals surface area contributed by atoms with Crippen molar-refractivity contribution in [2.45, 2.75) is 39.2 Å². The van der Waals surface area contributed by atoms with Gasteiger partial charge < -0.3 is 10.6 Å². The van der Waals surface area contributed by atoms with Crippen molar-refractivity contribution in [1.82, 2.24) is 9.97 Å². The van der Waals surface area contributed by atoms with Crippen molar-refractivity contribution >= 4 is 11.8 Å². The highest BCUT2D eigenvalue weighted by molar-refractivity contribution is 5.40. The van der Waals surface area contributed by atoms with E-state index in [2.05, 4.69) is 27.5 Å². The van der Waals surface area contributed by atoms with E-state index in [9.17, 15) is 0 Å². The monoisotopic (exact) mass is 220 g/mol. The molecule has 1 aliphatic rings. The molecule has 88 valence electrons. The first kappa shape index (κ1) is 11.2. The van der Waals surface area contributed by atoms with Crippen LogP contribution in [0.25, 0.3) is 0 Å². The molecule has 2 N–H and O–H groups in total. The van der Waals surface area contributed by atoms with Gasteiger partial charge in [0.1, 0.15) is 5.82 Å². The number of hydrogen-bond donors (Lipinski definition) is 2. The lowest BCUT2D eigenvalue weighted by atomic mass is 10.1. The fourth-order valence-corrected chi connectivity index (χ4v) is 2.23. The molecule has 0 bridgehead atoms. The minimum atomic E-state index is 0.583. The summed E-state index contributed by atoms with van der Waals surface area (Å²) in [7, 11) is 0. The predicted molar refractivity (Wildman–Crippen MR) is 66.6 cm³/mol. The Labute approximate surface area is 96.9 Å². The molecule has 0 spiro atoms. The molecule has 4 heteroatoms. The van der Waals surface area contributed by atoms with Gasteiger partial charge in [0, 0.05) is 18.8 Å². The van der Waals surface area contributed by atoms with E-state index >= 15 is 0 Å². The Bertz CT molecular complexity index is 340. The molecule has 0 aliphatic heterocycles. The van der Waals surface area contributed by atoms with E-state index in [1.54, 1.807) is 6.20 Å². The van der Waals surface area contributed by atoms with Gasteiger partial charge in [-0.15, -0.1) is 0 Å². The third kappa shape index (κ3) is 2.84. The van der Waals surface area contributed by atoms with Gasteiger partial charge in [-0.2, -0.15) is 4.98 Å². The molecule has 1 fully saturated rings. The van der Waals surface area contributed by atoms with E-state index < -0.39 is 0 Å². The lowest BCUT2D eigenvalue weighted by Crippen LogP contribution is -2.16. The summed E-state index contributed by atoms with van der Waals surface area (Å²) in [5, 5.41) is 6.60. The number of hydrogen-bond acceptors (Lipinski definition) is 4. The SMILES string of the molecule is CCNc1nccc(NC2CCC(C)C2)n1. The standard InChI is InChI=1S/C12H20N4/c1-3-13-12-14-7-6-11(16-12)15-10-5-4-9(2)8-10/h6-7,9-10H,3-5,8H2,1-2H3,(H2,13,14,15,16). The van der Waals surface area contributed by atoms with Crippen LogP contribution in [0.5, 0.6) is 0 Å². The summed E-state index contributed by atoms with van der Waals surface area (Å²) in [6, 6.07) is 2.52. The fraction of sp³-hybridized carbons (Fsp3) is 0.667.